The summed E-state index contributed by atoms with van der Waals surface area (Å²) in [5.74, 6) is 1.03. The van der Waals surface area contributed by atoms with Gasteiger partial charge in [0.25, 0.3) is 0 Å². The van der Waals surface area contributed by atoms with E-state index in [2.05, 4.69) is 24.5 Å². The molecule has 1 unspecified atom stereocenters. The monoisotopic (exact) mass is 224 g/mol. The highest BCUT2D eigenvalue weighted by Crippen LogP contribution is 2.27. The van der Waals surface area contributed by atoms with Crippen LogP contribution in [0.25, 0.3) is 0 Å². The number of nitrogens with one attached hydrogen (secondary N) is 2. The van der Waals surface area contributed by atoms with E-state index in [1.165, 1.54) is 58.0 Å². The van der Waals surface area contributed by atoms with E-state index in [1.54, 1.807) is 0 Å². The van der Waals surface area contributed by atoms with Gasteiger partial charge in [-0.2, -0.15) is 0 Å². The molecule has 2 rings (SSSR count). The fourth-order valence-corrected chi connectivity index (χ4v) is 3.34. The average Bonchev–Trinajstić information content (AvgIpc) is 2.69. The molecule has 1 saturated heterocycles. The minimum atomic E-state index is 0.337. The molecule has 0 aromatic heterocycles. The highest BCUT2D eigenvalue weighted by atomic mass is 15.0. The van der Waals surface area contributed by atoms with E-state index in [9.17, 15) is 0 Å². The number of hydrogen-bond donors (Lipinski definition) is 2. The van der Waals surface area contributed by atoms with Crippen molar-refractivity contribution in [2.24, 2.45) is 5.92 Å². The topological polar surface area (TPSA) is 24.1 Å². The summed E-state index contributed by atoms with van der Waals surface area (Å²) in [7, 11) is 0. The molecule has 1 saturated carbocycles. The van der Waals surface area contributed by atoms with Gasteiger partial charge in [0.15, 0.2) is 0 Å². The molecular formula is C14H28N2. The van der Waals surface area contributed by atoms with Crippen molar-refractivity contribution in [1.82, 2.24) is 10.6 Å². The molecular weight excluding hydrogens is 196 g/mol. The van der Waals surface area contributed by atoms with Gasteiger partial charge >= 0.3 is 0 Å². The minimum absolute atomic E-state index is 0.337. The number of hydrogen-bond acceptors (Lipinski definition) is 2. The largest absolute Gasteiger partial charge is 0.314 e. The molecule has 2 fully saturated rings. The van der Waals surface area contributed by atoms with Crippen LogP contribution in [0.5, 0.6) is 0 Å². The number of rotatable bonds is 4. The molecule has 2 heteroatoms. The van der Waals surface area contributed by atoms with Crippen LogP contribution in [-0.4, -0.2) is 24.7 Å². The number of piperidine rings is 1. The van der Waals surface area contributed by atoms with Crippen LogP contribution in [0.15, 0.2) is 0 Å². The van der Waals surface area contributed by atoms with Crippen LogP contribution < -0.4 is 10.6 Å². The molecule has 2 nitrogen and oxygen atoms in total. The molecule has 16 heavy (non-hydrogen) atoms. The summed E-state index contributed by atoms with van der Waals surface area (Å²) >= 11 is 0. The van der Waals surface area contributed by atoms with Crippen molar-refractivity contribution in [3.05, 3.63) is 0 Å². The van der Waals surface area contributed by atoms with Crippen LogP contribution in [0, 0.1) is 5.92 Å². The maximum Gasteiger partial charge on any atom is 0.0139 e. The molecule has 0 amide bonds. The zero-order valence-corrected chi connectivity index (χ0v) is 11.0. The summed E-state index contributed by atoms with van der Waals surface area (Å²) in [4.78, 5) is 0. The molecule has 1 heterocycles. The van der Waals surface area contributed by atoms with E-state index in [1.807, 2.05) is 0 Å². The Morgan fingerprint density at radius 3 is 2.62 bits per heavy atom. The first-order chi connectivity index (χ1) is 7.66. The van der Waals surface area contributed by atoms with Gasteiger partial charge < -0.3 is 10.6 Å². The maximum atomic E-state index is 3.76. The molecule has 2 N–H and O–H groups in total. The van der Waals surface area contributed by atoms with Gasteiger partial charge in [-0.15, -0.1) is 0 Å². The Morgan fingerprint density at radius 2 is 1.94 bits per heavy atom. The lowest BCUT2D eigenvalue weighted by Gasteiger charge is -2.37. The molecule has 0 aromatic carbocycles. The van der Waals surface area contributed by atoms with Gasteiger partial charge in [-0.1, -0.05) is 25.7 Å². The third-order valence-corrected chi connectivity index (χ3v) is 4.31. The minimum Gasteiger partial charge on any atom is -0.314 e. The molecule has 0 aromatic rings. The molecule has 0 radical (unpaired) electrons. The third-order valence-electron chi connectivity index (χ3n) is 4.31. The van der Waals surface area contributed by atoms with Crippen molar-refractivity contribution in [1.29, 1.82) is 0 Å². The normalized spacial score (nSPS) is 30.8. The Labute approximate surface area is 101 Å². The molecule has 94 valence electrons. The van der Waals surface area contributed by atoms with Crippen LogP contribution in [-0.2, 0) is 0 Å². The fraction of sp³-hybridized carbons (Fsp3) is 1.00. The summed E-state index contributed by atoms with van der Waals surface area (Å²) in [6, 6.07) is 0.748. The highest BCUT2D eigenvalue weighted by Gasteiger charge is 2.27. The van der Waals surface area contributed by atoms with E-state index in [0.29, 0.717) is 5.54 Å². The Hall–Kier alpha value is -0.0800. The van der Waals surface area contributed by atoms with Crippen molar-refractivity contribution >= 4 is 0 Å². The SMILES string of the molecule is CC1(C)CC(NCCC2CCCC2)CCN1. The summed E-state index contributed by atoms with van der Waals surface area (Å²) < 4.78 is 0. The van der Waals surface area contributed by atoms with Gasteiger partial charge in [-0.25, -0.2) is 0 Å². The predicted molar refractivity (Wildman–Crippen MR) is 69.7 cm³/mol. The first kappa shape index (κ1) is 12.4. The van der Waals surface area contributed by atoms with Gasteiger partial charge in [-0.3, -0.25) is 0 Å². The van der Waals surface area contributed by atoms with Crippen LogP contribution in [0.3, 0.4) is 0 Å². The lowest BCUT2D eigenvalue weighted by Crippen LogP contribution is -2.52. The Kier molecular flexibility index (Phi) is 4.26. The standard InChI is InChI=1S/C14H28N2/c1-14(2)11-13(8-10-16-14)15-9-7-12-5-3-4-6-12/h12-13,15-16H,3-11H2,1-2H3. The second kappa shape index (κ2) is 5.50. The van der Waals surface area contributed by atoms with Gasteiger partial charge in [0, 0.05) is 11.6 Å². The lowest BCUT2D eigenvalue weighted by atomic mass is 9.89. The first-order valence-electron chi connectivity index (χ1n) is 7.14. The van der Waals surface area contributed by atoms with Crippen molar-refractivity contribution in [3.8, 4) is 0 Å². The Bertz CT molecular complexity index is 207. The van der Waals surface area contributed by atoms with Gasteiger partial charge in [0.05, 0.1) is 0 Å². The quantitative estimate of drug-likeness (QED) is 0.767. The van der Waals surface area contributed by atoms with E-state index < -0.39 is 0 Å². The first-order valence-corrected chi connectivity index (χ1v) is 7.14. The fourth-order valence-electron chi connectivity index (χ4n) is 3.34. The zero-order chi connectivity index (χ0) is 11.4. The second-order valence-electron chi connectivity index (χ2n) is 6.39. The summed E-state index contributed by atoms with van der Waals surface area (Å²) in [6.45, 7) is 7.05. The lowest BCUT2D eigenvalue weighted by molar-refractivity contribution is 0.245. The van der Waals surface area contributed by atoms with E-state index in [0.717, 1.165) is 12.0 Å². The molecule has 1 aliphatic heterocycles. The Balaban J connectivity index is 1.61. The van der Waals surface area contributed by atoms with Gasteiger partial charge in [0.1, 0.15) is 0 Å². The highest BCUT2D eigenvalue weighted by molar-refractivity contribution is 4.89. The van der Waals surface area contributed by atoms with E-state index in [-0.39, 0.29) is 0 Å². The van der Waals surface area contributed by atoms with Crippen LogP contribution >= 0.6 is 0 Å². The molecule has 0 spiro atoms. The maximum absolute atomic E-state index is 3.76. The van der Waals surface area contributed by atoms with Crippen molar-refractivity contribution in [3.63, 3.8) is 0 Å². The van der Waals surface area contributed by atoms with Crippen molar-refractivity contribution < 1.29 is 0 Å². The van der Waals surface area contributed by atoms with Crippen LogP contribution in [0.4, 0.5) is 0 Å². The smallest absolute Gasteiger partial charge is 0.0139 e. The Morgan fingerprint density at radius 1 is 1.19 bits per heavy atom. The molecule has 1 atom stereocenters. The average molecular weight is 224 g/mol. The molecule has 2 aliphatic rings. The summed E-state index contributed by atoms with van der Waals surface area (Å²) in [5.41, 5.74) is 0.337. The predicted octanol–water partition coefficient (Wildman–Crippen LogP) is 2.69. The van der Waals surface area contributed by atoms with Gasteiger partial charge in [-0.05, 0) is 52.1 Å². The van der Waals surface area contributed by atoms with Crippen molar-refractivity contribution in [2.75, 3.05) is 13.1 Å². The summed E-state index contributed by atoms with van der Waals surface area (Å²) in [6.07, 6.45) is 9.91. The van der Waals surface area contributed by atoms with E-state index in [4.69, 9.17) is 0 Å². The third kappa shape index (κ3) is 3.74. The zero-order valence-electron chi connectivity index (χ0n) is 11.0. The van der Waals surface area contributed by atoms with Crippen LogP contribution in [0.2, 0.25) is 0 Å². The van der Waals surface area contributed by atoms with E-state index >= 15 is 0 Å². The van der Waals surface area contributed by atoms with Crippen molar-refractivity contribution in [2.45, 2.75) is 70.4 Å². The summed E-state index contributed by atoms with van der Waals surface area (Å²) in [5, 5.41) is 7.34. The molecule has 1 aliphatic carbocycles. The molecule has 0 bridgehead atoms. The second-order valence-corrected chi connectivity index (χ2v) is 6.39. The van der Waals surface area contributed by atoms with Gasteiger partial charge in [0.2, 0.25) is 0 Å². The van der Waals surface area contributed by atoms with Crippen LogP contribution in [0.1, 0.15) is 58.8 Å².